The van der Waals surface area contributed by atoms with Crippen molar-refractivity contribution in [1.29, 1.82) is 0 Å². The molecule has 0 radical (unpaired) electrons. The molecule has 2 aromatic rings. The number of piperidine rings is 1. The first-order chi connectivity index (χ1) is 17.4. The van der Waals surface area contributed by atoms with Crippen LogP contribution >= 0.6 is 11.6 Å². The predicted molar refractivity (Wildman–Crippen MR) is 131 cm³/mol. The van der Waals surface area contributed by atoms with E-state index in [0.717, 1.165) is 0 Å². The van der Waals surface area contributed by atoms with Gasteiger partial charge in [-0.3, -0.25) is 14.4 Å². The van der Waals surface area contributed by atoms with Crippen LogP contribution < -0.4 is 10.6 Å². The lowest BCUT2D eigenvalue weighted by Crippen LogP contribution is -2.43. The summed E-state index contributed by atoms with van der Waals surface area (Å²) in [6.45, 7) is 5.13. The summed E-state index contributed by atoms with van der Waals surface area (Å²) in [7, 11) is 0. The van der Waals surface area contributed by atoms with Crippen molar-refractivity contribution in [1.82, 2.24) is 10.2 Å². The van der Waals surface area contributed by atoms with Gasteiger partial charge in [0.05, 0.1) is 0 Å². The Morgan fingerprint density at radius 2 is 1.51 bits per heavy atom. The first-order valence-electron chi connectivity index (χ1n) is 11.1. The number of anilines is 1. The van der Waals surface area contributed by atoms with Crippen LogP contribution in [-0.2, 0) is 9.59 Å². The van der Waals surface area contributed by atoms with Gasteiger partial charge in [-0.15, -0.1) is 6.58 Å². The van der Waals surface area contributed by atoms with Crippen molar-refractivity contribution in [2.45, 2.75) is 19.0 Å². The van der Waals surface area contributed by atoms with Gasteiger partial charge < -0.3 is 20.6 Å². The predicted octanol–water partition coefficient (Wildman–Crippen LogP) is 4.38. The van der Waals surface area contributed by atoms with Gasteiger partial charge in [0.2, 0.25) is 5.91 Å². The summed E-state index contributed by atoms with van der Waals surface area (Å²) in [5, 5.41) is 13.3. The number of alkyl halides is 3. The molecule has 1 heterocycles. The van der Waals surface area contributed by atoms with Crippen LogP contribution in [0.25, 0.3) is 0 Å². The van der Waals surface area contributed by atoms with Crippen molar-refractivity contribution < 1.29 is 37.5 Å². The number of aliphatic carboxylic acids is 1. The highest BCUT2D eigenvalue weighted by Crippen LogP contribution is 2.20. The lowest BCUT2D eigenvalue weighted by atomic mass is 9.95. The normalized spacial score (nSPS) is 13.6. The molecule has 2 aromatic carbocycles. The zero-order valence-corrected chi connectivity index (χ0v) is 20.3. The van der Waals surface area contributed by atoms with E-state index in [-0.39, 0.29) is 23.6 Å². The van der Waals surface area contributed by atoms with Gasteiger partial charge in [0.15, 0.2) is 0 Å². The number of nitrogens with one attached hydrogen (secondary N) is 2. The summed E-state index contributed by atoms with van der Waals surface area (Å²) in [5.41, 5.74) is 1.65. The molecule has 1 fully saturated rings. The number of rotatable bonds is 6. The first kappa shape index (κ1) is 29.4. The minimum absolute atomic E-state index is 0.0165. The second-order valence-electron chi connectivity index (χ2n) is 7.94. The summed E-state index contributed by atoms with van der Waals surface area (Å²) < 4.78 is 31.7. The molecule has 0 unspecified atom stereocenters. The summed E-state index contributed by atoms with van der Waals surface area (Å²) in [6, 6.07) is 13.4. The van der Waals surface area contributed by atoms with Crippen LogP contribution in [0.5, 0.6) is 0 Å². The second kappa shape index (κ2) is 13.4. The third-order valence-corrected chi connectivity index (χ3v) is 5.56. The van der Waals surface area contributed by atoms with E-state index in [0.29, 0.717) is 54.3 Å². The largest absolute Gasteiger partial charge is 0.490 e. The third kappa shape index (κ3) is 9.26. The van der Waals surface area contributed by atoms with Gasteiger partial charge in [-0.1, -0.05) is 17.7 Å². The van der Waals surface area contributed by atoms with E-state index in [1.807, 2.05) is 0 Å². The highest BCUT2D eigenvalue weighted by molar-refractivity contribution is 6.30. The van der Waals surface area contributed by atoms with Crippen LogP contribution in [0.4, 0.5) is 18.9 Å². The molecule has 0 saturated carbocycles. The molecule has 0 spiro atoms. The molecular weight excluding hydrogens is 515 g/mol. The van der Waals surface area contributed by atoms with Crippen molar-refractivity contribution in [2.24, 2.45) is 5.92 Å². The van der Waals surface area contributed by atoms with Gasteiger partial charge >= 0.3 is 12.1 Å². The molecule has 37 heavy (non-hydrogen) atoms. The number of amides is 3. The standard InChI is InChI=1S/C23H24ClN3O3.C2HF3O2/c1-2-13-25-21(28)17-11-14-27(15-12-17)23(30)18-5-9-20(10-6-18)26-22(29)16-3-7-19(24)8-4-16;3-2(4,5)1(6)7/h2-10,17H,1,11-15H2,(H,25,28)(H,26,29);(H,6,7). The molecule has 3 rings (SSSR count). The first-order valence-corrected chi connectivity index (χ1v) is 11.4. The van der Waals surface area contributed by atoms with E-state index in [1.54, 1.807) is 59.5 Å². The number of benzene rings is 2. The number of carbonyl (C=O) groups excluding carboxylic acids is 3. The van der Waals surface area contributed by atoms with E-state index in [2.05, 4.69) is 17.2 Å². The van der Waals surface area contributed by atoms with E-state index in [1.165, 1.54) is 0 Å². The monoisotopic (exact) mass is 539 g/mol. The fourth-order valence-corrected chi connectivity index (χ4v) is 3.47. The van der Waals surface area contributed by atoms with Crippen molar-refractivity contribution >= 4 is 41.0 Å². The highest BCUT2D eigenvalue weighted by atomic mass is 35.5. The average Bonchev–Trinajstić information content (AvgIpc) is 2.87. The zero-order chi connectivity index (χ0) is 27.6. The van der Waals surface area contributed by atoms with Crippen molar-refractivity contribution in [3.8, 4) is 0 Å². The molecule has 0 aromatic heterocycles. The maximum Gasteiger partial charge on any atom is 0.490 e. The molecular formula is C25H25ClF3N3O5. The number of hydrogen-bond donors (Lipinski definition) is 3. The number of carbonyl (C=O) groups is 4. The number of nitrogens with zero attached hydrogens (tertiary/aromatic N) is 1. The van der Waals surface area contributed by atoms with Crippen LogP contribution in [0.3, 0.4) is 0 Å². The second-order valence-corrected chi connectivity index (χ2v) is 8.38. The molecule has 3 amide bonds. The van der Waals surface area contributed by atoms with Gasteiger partial charge in [-0.25, -0.2) is 4.79 Å². The van der Waals surface area contributed by atoms with E-state index in [4.69, 9.17) is 21.5 Å². The van der Waals surface area contributed by atoms with Crippen molar-refractivity contribution in [2.75, 3.05) is 25.0 Å². The lowest BCUT2D eigenvalue weighted by Gasteiger charge is -2.31. The van der Waals surface area contributed by atoms with Crippen LogP contribution in [0.1, 0.15) is 33.6 Å². The number of carboxylic acids is 1. The Kier molecular flexibility index (Phi) is 10.7. The van der Waals surface area contributed by atoms with Crippen LogP contribution in [0.15, 0.2) is 61.2 Å². The van der Waals surface area contributed by atoms with Gasteiger partial charge in [0.25, 0.3) is 11.8 Å². The quantitative estimate of drug-likeness (QED) is 0.471. The smallest absolute Gasteiger partial charge is 0.475 e. The lowest BCUT2D eigenvalue weighted by molar-refractivity contribution is -0.192. The van der Waals surface area contributed by atoms with Gasteiger partial charge in [0.1, 0.15) is 0 Å². The zero-order valence-electron chi connectivity index (χ0n) is 19.6. The maximum absolute atomic E-state index is 12.7. The Labute approximate surface area is 216 Å². The van der Waals surface area contributed by atoms with Crippen LogP contribution in [0, 0.1) is 5.92 Å². The number of hydrogen-bond acceptors (Lipinski definition) is 4. The number of carboxylic acid groups (broad SMARTS) is 1. The highest BCUT2D eigenvalue weighted by Gasteiger charge is 2.38. The Bertz CT molecular complexity index is 1110. The molecule has 1 aliphatic heterocycles. The fourth-order valence-electron chi connectivity index (χ4n) is 3.35. The van der Waals surface area contributed by atoms with Crippen molar-refractivity contribution in [3.05, 3.63) is 77.3 Å². The van der Waals surface area contributed by atoms with E-state index < -0.39 is 12.1 Å². The van der Waals surface area contributed by atoms with Crippen molar-refractivity contribution in [3.63, 3.8) is 0 Å². The van der Waals surface area contributed by atoms with E-state index in [9.17, 15) is 27.6 Å². The molecule has 1 saturated heterocycles. The van der Waals surface area contributed by atoms with Gasteiger partial charge in [-0.05, 0) is 61.4 Å². The Hall–Kier alpha value is -3.86. The fraction of sp³-hybridized carbons (Fsp3) is 0.280. The molecule has 1 aliphatic rings. The summed E-state index contributed by atoms with van der Waals surface area (Å²) >= 11 is 5.84. The summed E-state index contributed by atoms with van der Waals surface area (Å²) in [6.07, 6.45) is -2.15. The molecule has 0 aliphatic carbocycles. The molecule has 198 valence electrons. The Balaban J connectivity index is 0.000000604. The molecule has 0 bridgehead atoms. The minimum Gasteiger partial charge on any atom is -0.475 e. The third-order valence-electron chi connectivity index (χ3n) is 5.31. The average molecular weight is 540 g/mol. The Morgan fingerprint density at radius 3 is 2.00 bits per heavy atom. The van der Waals surface area contributed by atoms with E-state index >= 15 is 0 Å². The molecule has 8 nitrogen and oxygen atoms in total. The maximum atomic E-state index is 12.7. The number of likely N-dealkylation sites (tertiary alicyclic amines) is 1. The SMILES string of the molecule is C=CCNC(=O)C1CCN(C(=O)c2ccc(NC(=O)c3ccc(Cl)cc3)cc2)CC1.O=C(O)C(F)(F)F. The summed E-state index contributed by atoms with van der Waals surface area (Å²) in [4.78, 5) is 47.7. The van der Waals surface area contributed by atoms with Gasteiger partial charge in [-0.2, -0.15) is 13.2 Å². The Morgan fingerprint density at radius 1 is 1.00 bits per heavy atom. The molecule has 12 heteroatoms. The topological polar surface area (TPSA) is 116 Å². The van der Waals surface area contributed by atoms with Crippen LogP contribution in [-0.4, -0.2) is 59.5 Å². The summed E-state index contributed by atoms with van der Waals surface area (Å²) in [5.74, 6) is -3.13. The minimum atomic E-state index is -5.08. The van der Waals surface area contributed by atoms with Gasteiger partial charge in [0, 0.05) is 47.4 Å². The molecule has 3 N–H and O–H groups in total. The van der Waals surface area contributed by atoms with Crippen LogP contribution in [0.2, 0.25) is 5.02 Å². The molecule has 0 atom stereocenters. The number of halogens is 4.